The first-order valence-corrected chi connectivity index (χ1v) is 7.16. The molecule has 0 aromatic heterocycles. The maximum atomic E-state index is 12.6. The summed E-state index contributed by atoms with van der Waals surface area (Å²) in [6.45, 7) is 2.01. The molecular formula is C13H16F3NO2S. The van der Waals surface area contributed by atoms with Crippen LogP contribution in [0.25, 0.3) is 0 Å². The molecular weight excluding hydrogens is 291 g/mol. The number of benzene rings is 1. The Morgan fingerprint density at radius 1 is 1.45 bits per heavy atom. The number of carbonyl (C=O) groups excluding carboxylic acids is 1. The summed E-state index contributed by atoms with van der Waals surface area (Å²) >= 11 is 1.24. The molecule has 1 aromatic carbocycles. The van der Waals surface area contributed by atoms with E-state index in [9.17, 15) is 18.0 Å². The minimum Gasteiger partial charge on any atom is -0.465 e. The van der Waals surface area contributed by atoms with E-state index in [2.05, 4.69) is 0 Å². The number of rotatable bonds is 6. The van der Waals surface area contributed by atoms with E-state index < -0.39 is 17.8 Å². The van der Waals surface area contributed by atoms with Crippen LogP contribution in [-0.2, 0) is 15.7 Å². The van der Waals surface area contributed by atoms with Gasteiger partial charge < -0.3 is 10.5 Å². The van der Waals surface area contributed by atoms with Crippen LogP contribution in [0.1, 0.15) is 24.1 Å². The van der Waals surface area contributed by atoms with Gasteiger partial charge in [0.05, 0.1) is 17.9 Å². The lowest BCUT2D eigenvalue weighted by Gasteiger charge is -2.14. The Labute approximate surface area is 119 Å². The predicted molar refractivity (Wildman–Crippen MR) is 72.3 cm³/mol. The van der Waals surface area contributed by atoms with E-state index in [1.165, 1.54) is 17.8 Å². The Morgan fingerprint density at radius 3 is 2.75 bits per heavy atom. The largest absolute Gasteiger partial charge is 0.465 e. The normalized spacial score (nSPS) is 13.1. The molecule has 0 aliphatic carbocycles. The van der Waals surface area contributed by atoms with E-state index in [1.807, 2.05) is 0 Å². The fourth-order valence-corrected chi connectivity index (χ4v) is 2.33. The SMILES string of the molecule is CCOC(=O)CSCC(N)c1cccc(C(F)(F)F)c1. The van der Waals surface area contributed by atoms with Crippen LogP contribution in [0.5, 0.6) is 0 Å². The van der Waals surface area contributed by atoms with Gasteiger partial charge in [-0.25, -0.2) is 0 Å². The van der Waals surface area contributed by atoms with Crippen LogP contribution in [0.4, 0.5) is 13.2 Å². The Balaban J connectivity index is 2.55. The molecule has 0 aliphatic rings. The van der Waals surface area contributed by atoms with Crippen LogP contribution in [0.2, 0.25) is 0 Å². The van der Waals surface area contributed by atoms with E-state index in [-0.39, 0.29) is 11.7 Å². The lowest BCUT2D eigenvalue weighted by Crippen LogP contribution is -2.16. The van der Waals surface area contributed by atoms with Gasteiger partial charge in [0.15, 0.2) is 0 Å². The monoisotopic (exact) mass is 307 g/mol. The van der Waals surface area contributed by atoms with Gasteiger partial charge in [-0.1, -0.05) is 12.1 Å². The number of hydrogen-bond donors (Lipinski definition) is 1. The van der Waals surface area contributed by atoms with Crippen molar-refractivity contribution in [2.24, 2.45) is 5.73 Å². The predicted octanol–water partition coefficient (Wildman–Crippen LogP) is 3.00. The first-order chi connectivity index (χ1) is 9.34. The second-order valence-corrected chi connectivity index (χ2v) is 5.08. The van der Waals surface area contributed by atoms with Crippen LogP contribution in [0.3, 0.4) is 0 Å². The smallest absolute Gasteiger partial charge is 0.416 e. The van der Waals surface area contributed by atoms with Crippen LogP contribution >= 0.6 is 11.8 Å². The van der Waals surface area contributed by atoms with Gasteiger partial charge in [-0.05, 0) is 24.6 Å². The molecule has 3 nitrogen and oxygen atoms in total. The fraction of sp³-hybridized carbons (Fsp3) is 0.462. The average molecular weight is 307 g/mol. The maximum absolute atomic E-state index is 12.6. The lowest BCUT2D eigenvalue weighted by atomic mass is 10.1. The highest BCUT2D eigenvalue weighted by Crippen LogP contribution is 2.30. The minimum atomic E-state index is -4.38. The summed E-state index contributed by atoms with van der Waals surface area (Å²) in [5.74, 6) is 0.134. The number of halogens is 3. The van der Waals surface area contributed by atoms with Crippen molar-refractivity contribution in [3.05, 3.63) is 35.4 Å². The molecule has 0 saturated carbocycles. The van der Waals surface area contributed by atoms with E-state index >= 15 is 0 Å². The molecule has 1 atom stereocenters. The molecule has 112 valence electrons. The van der Waals surface area contributed by atoms with Gasteiger partial charge in [0.2, 0.25) is 0 Å². The van der Waals surface area contributed by atoms with E-state index in [0.29, 0.717) is 17.9 Å². The van der Waals surface area contributed by atoms with Crippen molar-refractivity contribution in [2.45, 2.75) is 19.1 Å². The van der Waals surface area contributed by atoms with E-state index in [4.69, 9.17) is 10.5 Å². The third kappa shape index (κ3) is 5.42. The second kappa shape index (κ2) is 7.54. The molecule has 0 saturated heterocycles. The Bertz CT molecular complexity index is 451. The molecule has 0 spiro atoms. The third-order valence-corrected chi connectivity index (χ3v) is 3.50. The number of esters is 1. The first kappa shape index (κ1) is 16.8. The molecule has 0 fully saturated rings. The van der Waals surface area contributed by atoms with Crippen molar-refractivity contribution < 1.29 is 22.7 Å². The topological polar surface area (TPSA) is 52.3 Å². The fourth-order valence-electron chi connectivity index (χ4n) is 1.51. The van der Waals surface area contributed by atoms with Crippen LogP contribution < -0.4 is 5.73 Å². The molecule has 0 aliphatic heterocycles. The van der Waals surface area contributed by atoms with Crippen molar-refractivity contribution in [2.75, 3.05) is 18.1 Å². The Hall–Kier alpha value is -1.21. The quantitative estimate of drug-likeness (QED) is 0.821. The van der Waals surface area contributed by atoms with E-state index in [1.54, 1.807) is 13.0 Å². The molecule has 7 heteroatoms. The zero-order valence-electron chi connectivity index (χ0n) is 10.9. The summed E-state index contributed by atoms with van der Waals surface area (Å²) in [6, 6.07) is 4.35. The van der Waals surface area contributed by atoms with Gasteiger partial charge in [0.1, 0.15) is 0 Å². The number of nitrogens with two attached hydrogens (primary N) is 1. The summed E-state index contributed by atoms with van der Waals surface area (Å²) in [5, 5.41) is 0. The molecule has 1 unspecified atom stereocenters. The lowest BCUT2D eigenvalue weighted by molar-refractivity contribution is -0.140. The van der Waals surface area contributed by atoms with Gasteiger partial charge >= 0.3 is 12.1 Å². The summed E-state index contributed by atoms with van der Waals surface area (Å²) in [4.78, 5) is 11.1. The van der Waals surface area contributed by atoms with Crippen LogP contribution in [0.15, 0.2) is 24.3 Å². The number of carbonyl (C=O) groups is 1. The number of alkyl halides is 3. The summed E-state index contributed by atoms with van der Waals surface area (Å²) in [5.41, 5.74) is 5.50. The molecule has 0 bridgehead atoms. The zero-order chi connectivity index (χ0) is 15.2. The molecule has 0 radical (unpaired) electrons. The average Bonchev–Trinajstić information content (AvgIpc) is 2.38. The van der Waals surface area contributed by atoms with Gasteiger partial charge in [-0.3, -0.25) is 4.79 Å². The van der Waals surface area contributed by atoms with Gasteiger partial charge in [0.25, 0.3) is 0 Å². The zero-order valence-corrected chi connectivity index (χ0v) is 11.8. The highest BCUT2D eigenvalue weighted by molar-refractivity contribution is 7.99. The van der Waals surface area contributed by atoms with Crippen molar-refractivity contribution in [3.8, 4) is 0 Å². The van der Waals surface area contributed by atoms with Gasteiger partial charge in [-0.15, -0.1) is 11.8 Å². The summed E-state index contributed by atoms with van der Waals surface area (Å²) in [7, 11) is 0. The number of ether oxygens (including phenoxy) is 1. The van der Waals surface area contributed by atoms with Crippen LogP contribution in [0, 0.1) is 0 Å². The van der Waals surface area contributed by atoms with Crippen molar-refractivity contribution >= 4 is 17.7 Å². The van der Waals surface area contributed by atoms with Crippen molar-refractivity contribution in [1.29, 1.82) is 0 Å². The molecule has 20 heavy (non-hydrogen) atoms. The van der Waals surface area contributed by atoms with Gasteiger partial charge in [0, 0.05) is 11.8 Å². The Kier molecular flexibility index (Phi) is 6.35. The summed E-state index contributed by atoms with van der Waals surface area (Å²) in [6.07, 6.45) is -4.38. The van der Waals surface area contributed by atoms with Crippen molar-refractivity contribution in [3.63, 3.8) is 0 Å². The maximum Gasteiger partial charge on any atom is 0.416 e. The number of hydrogen-bond acceptors (Lipinski definition) is 4. The van der Waals surface area contributed by atoms with Crippen LogP contribution in [-0.4, -0.2) is 24.1 Å². The van der Waals surface area contributed by atoms with Crippen molar-refractivity contribution in [1.82, 2.24) is 0 Å². The minimum absolute atomic E-state index is 0.139. The molecule has 2 N–H and O–H groups in total. The third-order valence-electron chi connectivity index (χ3n) is 2.46. The number of thioether (sulfide) groups is 1. The molecule has 0 amide bonds. The standard InChI is InChI=1S/C13H16F3NO2S/c1-2-19-12(18)8-20-7-11(17)9-4-3-5-10(6-9)13(14,15)16/h3-6,11H,2,7-8,17H2,1H3. The summed E-state index contributed by atoms with van der Waals surface area (Å²) < 4.78 is 42.4. The molecule has 1 rings (SSSR count). The highest BCUT2D eigenvalue weighted by Gasteiger charge is 2.30. The van der Waals surface area contributed by atoms with Gasteiger partial charge in [-0.2, -0.15) is 13.2 Å². The Morgan fingerprint density at radius 2 is 2.15 bits per heavy atom. The molecule has 0 heterocycles. The first-order valence-electron chi connectivity index (χ1n) is 6.00. The second-order valence-electron chi connectivity index (χ2n) is 4.05. The molecule has 1 aromatic rings. The van der Waals surface area contributed by atoms with E-state index in [0.717, 1.165) is 12.1 Å². The highest BCUT2D eigenvalue weighted by atomic mass is 32.2.